The van der Waals surface area contributed by atoms with Gasteiger partial charge >= 0.3 is 0 Å². The number of rotatable bonds is 6. The summed E-state index contributed by atoms with van der Waals surface area (Å²) in [6.45, 7) is 4.23. The molecule has 1 aromatic heterocycles. The summed E-state index contributed by atoms with van der Waals surface area (Å²) >= 11 is 0. The van der Waals surface area contributed by atoms with Crippen molar-refractivity contribution >= 4 is 0 Å². The van der Waals surface area contributed by atoms with E-state index in [1.54, 1.807) is 7.11 Å². The van der Waals surface area contributed by atoms with E-state index in [1.165, 1.54) is 5.56 Å². The van der Waals surface area contributed by atoms with Gasteiger partial charge in [-0.1, -0.05) is 31.4 Å². The van der Waals surface area contributed by atoms with E-state index in [4.69, 9.17) is 10.5 Å². The quantitative estimate of drug-likeness (QED) is 0.845. The summed E-state index contributed by atoms with van der Waals surface area (Å²) < 4.78 is 5.41. The van der Waals surface area contributed by atoms with Gasteiger partial charge in [0, 0.05) is 5.56 Å². The van der Waals surface area contributed by atoms with Crippen LogP contribution in [-0.4, -0.2) is 17.1 Å². The Morgan fingerprint density at radius 2 is 2.20 bits per heavy atom. The first-order valence-electron chi connectivity index (χ1n) is 7.11. The van der Waals surface area contributed by atoms with Gasteiger partial charge in [-0.05, 0) is 25.5 Å². The van der Waals surface area contributed by atoms with Crippen molar-refractivity contribution in [1.29, 1.82) is 0 Å². The second-order valence-electron chi connectivity index (χ2n) is 5.13. The Hall–Kier alpha value is -1.81. The number of hydrogen-bond acceptors (Lipinski definition) is 3. The number of aromatic nitrogens is 2. The number of benzene rings is 1. The number of nitrogens with two attached hydrogens (primary N) is 1. The zero-order valence-corrected chi connectivity index (χ0v) is 12.4. The molecule has 0 aliphatic heterocycles. The standard InChI is InChI=1S/C16H23N3O/c1-4-5-6-13(17)16-18-10-14(19-16)12-9-11(2)7-8-15(12)20-3/h7-10,13H,4-6,17H2,1-3H3,(H,18,19). The van der Waals surface area contributed by atoms with E-state index in [1.807, 2.05) is 18.3 Å². The number of H-pyrrole nitrogens is 1. The van der Waals surface area contributed by atoms with E-state index in [0.29, 0.717) is 0 Å². The van der Waals surface area contributed by atoms with Crippen molar-refractivity contribution in [2.45, 2.75) is 39.2 Å². The van der Waals surface area contributed by atoms with Crippen LogP contribution >= 0.6 is 0 Å². The highest BCUT2D eigenvalue weighted by molar-refractivity contribution is 5.67. The van der Waals surface area contributed by atoms with Crippen LogP contribution in [0.5, 0.6) is 5.75 Å². The van der Waals surface area contributed by atoms with Gasteiger partial charge < -0.3 is 15.5 Å². The third-order valence-corrected chi connectivity index (χ3v) is 3.46. The molecule has 4 nitrogen and oxygen atoms in total. The van der Waals surface area contributed by atoms with Crippen molar-refractivity contribution < 1.29 is 4.74 Å². The van der Waals surface area contributed by atoms with Crippen LogP contribution in [0.3, 0.4) is 0 Å². The van der Waals surface area contributed by atoms with Crippen molar-refractivity contribution in [2.75, 3.05) is 7.11 Å². The minimum atomic E-state index is -0.0282. The fraction of sp³-hybridized carbons (Fsp3) is 0.438. The maximum absolute atomic E-state index is 6.15. The minimum absolute atomic E-state index is 0.0282. The molecule has 0 fully saturated rings. The zero-order chi connectivity index (χ0) is 14.5. The number of ether oxygens (including phenoxy) is 1. The Labute approximate surface area is 120 Å². The SMILES string of the molecule is CCCCC(N)c1ncc(-c2cc(C)ccc2OC)[nH]1. The summed E-state index contributed by atoms with van der Waals surface area (Å²) in [5.74, 6) is 1.69. The molecule has 1 unspecified atom stereocenters. The first-order chi connectivity index (χ1) is 9.65. The molecule has 0 saturated carbocycles. The van der Waals surface area contributed by atoms with Crippen LogP contribution in [0.15, 0.2) is 24.4 Å². The topological polar surface area (TPSA) is 63.9 Å². The summed E-state index contributed by atoms with van der Waals surface area (Å²) in [6, 6.07) is 6.07. The largest absolute Gasteiger partial charge is 0.496 e. The first kappa shape index (κ1) is 14.6. The number of unbranched alkanes of at least 4 members (excludes halogenated alkanes) is 1. The second-order valence-corrected chi connectivity index (χ2v) is 5.13. The Bertz CT molecular complexity index is 563. The van der Waals surface area contributed by atoms with E-state index in [-0.39, 0.29) is 6.04 Å². The molecule has 4 heteroatoms. The van der Waals surface area contributed by atoms with Gasteiger partial charge in [0.25, 0.3) is 0 Å². The number of nitrogens with one attached hydrogen (secondary N) is 1. The molecule has 0 aliphatic carbocycles. The molecule has 2 rings (SSSR count). The van der Waals surface area contributed by atoms with Crippen molar-refractivity contribution in [3.05, 3.63) is 35.8 Å². The maximum Gasteiger partial charge on any atom is 0.128 e. The van der Waals surface area contributed by atoms with Gasteiger partial charge in [0.2, 0.25) is 0 Å². The highest BCUT2D eigenvalue weighted by Gasteiger charge is 2.13. The van der Waals surface area contributed by atoms with Gasteiger partial charge in [0.15, 0.2) is 0 Å². The van der Waals surface area contributed by atoms with E-state index >= 15 is 0 Å². The van der Waals surface area contributed by atoms with Crippen LogP contribution in [0.1, 0.15) is 43.6 Å². The maximum atomic E-state index is 6.15. The molecule has 1 heterocycles. The molecule has 0 spiro atoms. The lowest BCUT2D eigenvalue weighted by atomic mass is 10.1. The molecule has 0 radical (unpaired) electrons. The molecule has 0 saturated heterocycles. The highest BCUT2D eigenvalue weighted by atomic mass is 16.5. The highest BCUT2D eigenvalue weighted by Crippen LogP contribution is 2.30. The normalized spacial score (nSPS) is 12.4. The Kier molecular flexibility index (Phi) is 4.79. The number of imidazole rings is 1. The zero-order valence-electron chi connectivity index (χ0n) is 12.4. The van der Waals surface area contributed by atoms with Gasteiger partial charge in [-0.15, -0.1) is 0 Å². The van der Waals surface area contributed by atoms with Crippen molar-refractivity contribution in [3.63, 3.8) is 0 Å². The van der Waals surface area contributed by atoms with Gasteiger partial charge in [0.1, 0.15) is 11.6 Å². The van der Waals surface area contributed by atoms with Gasteiger partial charge in [-0.2, -0.15) is 0 Å². The van der Waals surface area contributed by atoms with Crippen molar-refractivity contribution in [1.82, 2.24) is 9.97 Å². The van der Waals surface area contributed by atoms with E-state index in [0.717, 1.165) is 42.1 Å². The molecule has 1 aromatic carbocycles. The average molecular weight is 273 g/mol. The lowest BCUT2D eigenvalue weighted by molar-refractivity contribution is 0.416. The van der Waals surface area contributed by atoms with Crippen LogP contribution in [0.2, 0.25) is 0 Å². The van der Waals surface area contributed by atoms with Gasteiger partial charge in [0.05, 0.1) is 25.0 Å². The summed E-state index contributed by atoms with van der Waals surface area (Å²) in [5, 5.41) is 0. The minimum Gasteiger partial charge on any atom is -0.496 e. The monoisotopic (exact) mass is 273 g/mol. The molecular weight excluding hydrogens is 250 g/mol. The third-order valence-electron chi connectivity index (χ3n) is 3.46. The molecule has 20 heavy (non-hydrogen) atoms. The molecule has 0 amide bonds. The molecule has 1 atom stereocenters. The van der Waals surface area contributed by atoms with Gasteiger partial charge in [-0.3, -0.25) is 0 Å². The van der Waals surface area contributed by atoms with Crippen LogP contribution in [0, 0.1) is 6.92 Å². The number of aromatic amines is 1. The lowest BCUT2D eigenvalue weighted by Gasteiger charge is -2.09. The summed E-state index contributed by atoms with van der Waals surface area (Å²) in [4.78, 5) is 7.74. The fourth-order valence-corrected chi connectivity index (χ4v) is 2.25. The molecule has 0 bridgehead atoms. The number of hydrogen-bond donors (Lipinski definition) is 2. The summed E-state index contributed by atoms with van der Waals surface area (Å²) in [6.07, 6.45) is 5.05. The molecular formula is C16H23N3O. The van der Waals surface area contributed by atoms with Gasteiger partial charge in [-0.25, -0.2) is 4.98 Å². The van der Waals surface area contributed by atoms with Crippen LogP contribution in [-0.2, 0) is 0 Å². The number of nitrogens with zero attached hydrogens (tertiary/aromatic N) is 1. The van der Waals surface area contributed by atoms with E-state index < -0.39 is 0 Å². The van der Waals surface area contributed by atoms with E-state index in [2.05, 4.69) is 29.9 Å². The predicted molar refractivity (Wildman–Crippen MR) is 81.8 cm³/mol. The second kappa shape index (κ2) is 6.57. The summed E-state index contributed by atoms with van der Waals surface area (Å²) in [5.41, 5.74) is 9.31. The Morgan fingerprint density at radius 3 is 2.90 bits per heavy atom. The molecule has 0 aliphatic rings. The third kappa shape index (κ3) is 3.20. The average Bonchev–Trinajstić information content (AvgIpc) is 2.94. The summed E-state index contributed by atoms with van der Waals surface area (Å²) in [7, 11) is 1.68. The number of aryl methyl sites for hydroxylation is 1. The lowest BCUT2D eigenvalue weighted by Crippen LogP contribution is -2.11. The van der Waals surface area contributed by atoms with Crippen LogP contribution < -0.4 is 10.5 Å². The van der Waals surface area contributed by atoms with Crippen LogP contribution in [0.25, 0.3) is 11.3 Å². The first-order valence-corrected chi connectivity index (χ1v) is 7.11. The van der Waals surface area contributed by atoms with Crippen molar-refractivity contribution in [2.24, 2.45) is 5.73 Å². The smallest absolute Gasteiger partial charge is 0.128 e. The fourth-order valence-electron chi connectivity index (χ4n) is 2.25. The van der Waals surface area contributed by atoms with E-state index in [9.17, 15) is 0 Å². The van der Waals surface area contributed by atoms with Crippen LogP contribution in [0.4, 0.5) is 0 Å². The number of methoxy groups -OCH3 is 1. The molecule has 2 aromatic rings. The Balaban J connectivity index is 2.26. The predicted octanol–water partition coefficient (Wildman–Crippen LogP) is 3.58. The molecule has 108 valence electrons. The molecule has 3 N–H and O–H groups in total. The Morgan fingerprint density at radius 1 is 1.40 bits per heavy atom. The van der Waals surface area contributed by atoms with Crippen molar-refractivity contribution in [3.8, 4) is 17.0 Å².